The summed E-state index contributed by atoms with van der Waals surface area (Å²) in [5.41, 5.74) is 1.57. The Labute approximate surface area is 125 Å². The molecule has 0 fully saturated rings. The summed E-state index contributed by atoms with van der Waals surface area (Å²) in [6, 6.07) is 9.00. The van der Waals surface area contributed by atoms with Crippen molar-refractivity contribution in [2.24, 2.45) is 7.05 Å². The lowest BCUT2D eigenvalue weighted by molar-refractivity contribution is 0.582. The number of rotatable bonds is 6. The normalized spacial score (nSPS) is 13.1. The van der Waals surface area contributed by atoms with Crippen LogP contribution in [0.5, 0.6) is 0 Å². The van der Waals surface area contributed by atoms with Crippen LogP contribution in [0.2, 0.25) is 0 Å². The number of hydrogen-bond donors (Lipinski definition) is 2. The van der Waals surface area contributed by atoms with Crippen LogP contribution in [0.25, 0.3) is 0 Å². The van der Waals surface area contributed by atoms with E-state index in [2.05, 4.69) is 15.1 Å². The van der Waals surface area contributed by atoms with Gasteiger partial charge >= 0.3 is 0 Å². The van der Waals surface area contributed by atoms with E-state index in [0.717, 1.165) is 12.1 Å². The van der Waals surface area contributed by atoms with E-state index in [0.29, 0.717) is 5.69 Å². The minimum Gasteiger partial charge on any atom is -0.310 e. The molecule has 0 amide bonds. The summed E-state index contributed by atoms with van der Waals surface area (Å²) in [5.74, 6) is 0. The van der Waals surface area contributed by atoms with Crippen LogP contribution in [0.3, 0.4) is 0 Å². The number of nitrogens with zero attached hydrogens (tertiary/aromatic N) is 2. The lowest BCUT2D eigenvalue weighted by atomic mass is 10.1. The molecule has 1 aromatic heterocycles. The van der Waals surface area contributed by atoms with Crippen LogP contribution in [-0.4, -0.2) is 24.7 Å². The van der Waals surface area contributed by atoms with Gasteiger partial charge in [-0.15, -0.1) is 0 Å². The van der Waals surface area contributed by atoms with Gasteiger partial charge in [-0.1, -0.05) is 19.1 Å². The molecule has 0 saturated heterocycles. The Morgan fingerprint density at radius 3 is 2.71 bits per heavy atom. The van der Waals surface area contributed by atoms with Crippen LogP contribution >= 0.6 is 0 Å². The van der Waals surface area contributed by atoms with Gasteiger partial charge in [-0.2, -0.15) is 13.5 Å². The van der Waals surface area contributed by atoms with E-state index in [-0.39, 0.29) is 11.1 Å². The highest BCUT2D eigenvalue weighted by Crippen LogP contribution is 2.20. The fourth-order valence-corrected chi connectivity index (χ4v) is 3.31. The van der Waals surface area contributed by atoms with Crippen LogP contribution in [-0.2, 0) is 17.1 Å². The van der Waals surface area contributed by atoms with E-state index in [9.17, 15) is 8.42 Å². The van der Waals surface area contributed by atoms with Gasteiger partial charge in [-0.05, 0) is 37.2 Å². The van der Waals surface area contributed by atoms with E-state index < -0.39 is 10.0 Å². The monoisotopic (exact) mass is 308 g/mol. The fourth-order valence-electron chi connectivity index (χ4n) is 2.13. The average Bonchev–Trinajstić information content (AvgIpc) is 2.86. The third-order valence-corrected chi connectivity index (χ3v) is 4.66. The number of aromatic nitrogens is 2. The quantitative estimate of drug-likeness (QED) is 0.854. The van der Waals surface area contributed by atoms with Crippen LogP contribution in [0.15, 0.2) is 41.6 Å². The zero-order valence-electron chi connectivity index (χ0n) is 12.4. The number of sulfonamides is 1. The lowest BCUT2D eigenvalue weighted by Crippen LogP contribution is -2.19. The van der Waals surface area contributed by atoms with E-state index in [4.69, 9.17) is 0 Å². The van der Waals surface area contributed by atoms with Crippen LogP contribution in [0, 0.1) is 0 Å². The van der Waals surface area contributed by atoms with Gasteiger partial charge in [0.15, 0.2) is 5.03 Å². The number of benzene rings is 1. The first-order valence-corrected chi connectivity index (χ1v) is 8.26. The zero-order valence-corrected chi connectivity index (χ0v) is 13.2. The van der Waals surface area contributed by atoms with Crippen LogP contribution < -0.4 is 10.0 Å². The molecule has 2 N–H and O–H groups in total. The van der Waals surface area contributed by atoms with E-state index in [1.165, 1.54) is 16.9 Å². The summed E-state index contributed by atoms with van der Waals surface area (Å²) in [6.45, 7) is 4.93. The minimum absolute atomic E-state index is 0.132. The summed E-state index contributed by atoms with van der Waals surface area (Å²) in [6.07, 6.45) is 1.46. The summed E-state index contributed by atoms with van der Waals surface area (Å²) < 4.78 is 28.5. The Morgan fingerprint density at radius 1 is 1.33 bits per heavy atom. The minimum atomic E-state index is -3.63. The van der Waals surface area contributed by atoms with Gasteiger partial charge < -0.3 is 5.32 Å². The Bertz CT molecular complexity index is 709. The molecule has 21 heavy (non-hydrogen) atoms. The largest absolute Gasteiger partial charge is 0.310 e. The second-order valence-corrected chi connectivity index (χ2v) is 6.43. The van der Waals surface area contributed by atoms with Gasteiger partial charge in [0.1, 0.15) is 0 Å². The molecule has 0 aliphatic rings. The summed E-state index contributed by atoms with van der Waals surface area (Å²) in [4.78, 5) is 0. The molecule has 0 saturated carbocycles. The first-order chi connectivity index (χ1) is 9.94. The molecule has 1 atom stereocenters. The Balaban J connectivity index is 2.24. The molecule has 0 aliphatic carbocycles. The summed E-state index contributed by atoms with van der Waals surface area (Å²) >= 11 is 0. The summed E-state index contributed by atoms with van der Waals surface area (Å²) in [5, 5.41) is 7.31. The van der Waals surface area contributed by atoms with E-state index >= 15 is 0 Å². The molecule has 2 rings (SSSR count). The van der Waals surface area contributed by atoms with Gasteiger partial charge in [-0.25, -0.2) is 0 Å². The number of nitrogens with one attached hydrogen (secondary N) is 2. The maximum atomic E-state index is 12.3. The highest BCUT2D eigenvalue weighted by molar-refractivity contribution is 7.92. The molecular formula is C14H20N4O2S. The number of aryl methyl sites for hydroxylation is 1. The lowest BCUT2D eigenvalue weighted by Gasteiger charge is -2.14. The van der Waals surface area contributed by atoms with Crippen molar-refractivity contribution in [1.82, 2.24) is 15.1 Å². The van der Waals surface area contributed by atoms with Gasteiger partial charge in [0, 0.05) is 18.8 Å². The van der Waals surface area contributed by atoms with Crippen molar-refractivity contribution in [3.05, 3.63) is 42.1 Å². The predicted molar refractivity (Wildman–Crippen MR) is 82.6 cm³/mol. The van der Waals surface area contributed by atoms with Crippen molar-refractivity contribution in [1.29, 1.82) is 0 Å². The molecule has 0 radical (unpaired) electrons. The third-order valence-electron chi connectivity index (χ3n) is 3.20. The molecule has 2 aromatic rings. The third kappa shape index (κ3) is 3.62. The van der Waals surface area contributed by atoms with Gasteiger partial charge in [0.25, 0.3) is 10.0 Å². The maximum Gasteiger partial charge on any atom is 0.279 e. The molecule has 1 aromatic carbocycles. The first-order valence-electron chi connectivity index (χ1n) is 6.78. The Morgan fingerprint density at radius 2 is 2.10 bits per heavy atom. The molecular weight excluding hydrogens is 288 g/mol. The summed E-state index contributed by atoms with van der Waals surface area (Å²) in [7, 11) is -2.03. The topological polar surface area (TPSA) is 76.0 Å². The predicted octanol–water partition coefficient (Wildman–Crippen LogP) is 1.89. The molecule has 0 aliphatic heterocycles. The van der Waals surface area contributed by atoms with Crippen molar-refractivity contribution >= 4 is 15.7 Å². The highest BCUT2D eigenvalue weighted by atomic mass is 32.2. The number of hydrogen-bond acceptors (Lipinski definition) is 4. The van der Waals surface area contributed by atoms with Crippen LogP contribution in [0.4, 0.5) is 5.69 Å². The molecule has 7 heteroatoms. The molecule has 0 spiro atoms. The van der Waals surface area contributed by atoms with Crippen LogP contribution in [0.1, 0.15) is 25.5 Å². The van der Waals surface area contributed by atoms with Crippen molar-refractivity contribution in [2.45, 2.75) is 24.9 Å². The van der Waals surface area contributed by atoms with Crippen molar-refractivity contribution in [2.75, 3.05) is 11.3 Å². The second kappa shape index (κ2) is 6.28. The molecule has 0 bridgehead atoms. The Kier molecular flexibility index (Phi) is 4.64. The number of anilines is 1. The van der Waals surface area contributed by atoms with Crippen molar-refractivity contribution in [3.8, 4) is 0 Å². The zero-order chi connectivity index (χ0) is 15.5. The van der Waals surface area contributed by atoms with Crippen molar-refractivity contribution < 1.29 is 8.42 Å². The highest BCUT2D eigenvalue weighted by Gasteiger charge is 2.18. The standard InChI is InChI=1S/C14H20N4O2S/c1-4-15-11(2)12-6-5-7-13(10-12)17-21(19,20)14-8-9-16-18(14)3/h5-11,15,17H,4H2,1-3H3. The van der Waals surface area contributed by atoms with E-state index in [1.807, 2.05) is 32.0 Å². The average molecular weight is 308 g/mol. The molecule has 6 nitrogen and oxygen atoms in total. The molecule has 114 valence electrons. The second-order valence-electron chi connectivity index (χ2n) is 4.80. The molecule has 1 heterocycles. The SMILES string of the molecule is CCNC(C)c1cccc(NS(=O)(=O)c2ccnn2C)c1. The fraction of sp³-hybridized carbons (Fsp3) is 0.357. The van der Waals surface area contributed by atoms with E-state index in [1.54, 1.807) is 13.1 Å². The molecule has 1 unspecified atom stereocenters. The smallest absolute Gasteiger partial charge is 0.279 e. The van der Waals surface area contributed by atoms with Crippen molar-refractivity contribution in [3.63, 3.8) is 0 Å². The maximum absolute atomic E-state index is 12.3. The van der Waals surface area contributed by atoms with Gasteiger partial charge in [0.2, 0.25) is 0 Å². The first kappa shape index (κ1) is 15.5. The Hall–Kier alpha value is -1.86. The van der Waals surface area contributed by atoms with Gasteiger partial charge in [0.05, 0.1) is 6.20 Å². The van der Waals surface area contributed by atoms with Gasteiger partial charge in [-0.3, -0.25) is 9.40 Å².